The van der Waals surface area contributed by atoms with E-state index in [4.69, 9.17) is 21.4 Å². The van der Waals surface area contributed by atoms with E-state index in [1.54, 1.807) is 0 Å². The van der Waals surface area contributed by atoms with Crippen LogP contribution in [0.15, 0.2) is 12.1 Å². The van der Waals surface area contributed by atoms with Crippen LogP contribution in [-0.2, 0) is 0 Å². The van der Waals surface area contributed by atoms with Gasteiger partial charge in [-0.3, -0.25) is 4.79 Å². The summed E-state index contributed by atoms with van der Waals surface area (Å²) in [5, 5.41) is 8.73. The summed E-state index contributed by atoms with van der Waals surface area (Å²) in [7, 11) is 1.33. The molecule has 0 saturated carbocycles. The fourth-order valence-corrected chi connectivity index (χ4v) is 1.52. The third kappa shape index (κ3) is 2.10. The van der Waals surface area contributed by atoms with Crippen molar-refractivity contribution in [1.82, 2.24) is 0 Å². The molecule has 1 rings (SSSR count). The predicted octanol–water partition coefficient (Wildman–Crippen LogP) is 2.25. The summed E-state index contributed by atoms with van der Waals surface area (Å²) in [6.07, 6.45) is 0. The predicted molar refractivity (Wildman–Crippen MR) is 55.0 cm³/mol. The zero-order valence-corrected chi connectivity index (χ0v) is 8.96. The molecule has 1 aromatic rings. The molecule has 0 spiro atoms. The van der Waals surface area contributed by atoms with E-state index in [1.807, 2.05) is 0 Å². The van der Waals surface area contributed by atoms with Gasteiger partial charge in [0.1, 0.15) is 5.75 Å². The normalized spacial score (nSPS) is 9.80. The van der Waals surface area contributed by atoms with Gasteiger partial charge in [0.25, 0.3) is 0 Å². The number of hydrogen-bond acceptors (Lipinski definition) is 3. The zero-order valence-electron chi connectivity index (χ0n) is 8.20. The second-order valence-electron chi connectivity index (χ2n) is 2.87. The maximum absolute atomic E-state index is 11.2. The summed E-state index contributed by atoms with van der Waals surface area (Å²) in [6, 6.07) is 2.67. The molecule has 0 aliphatic carbocycles. The molecular formula is C10H9ClO4. The number of hydrogen-bond donors (Lipinski definition) is 1. The highest BCUT2D eigenvalue weighted by atomic mass is 35.5. The molecule has 0 amide bonds. The van der Waals surface area contributed by atoms with Crippen molar-refractivity contribution in [1.29, 1.82) is 0 Å². The highest BCUT2D eigenvalue weighted by Crippen LogP contribution is 2.32. The molecule has 0 saturated heterocycles. The summed E-state index contributed by atoms with van der Waals surface area (Å²) in [5.41, 5.74) is 0.186. The number of carboxylic acid groups (broad SMARTS) is 1. The number of methoxy groups -OCH3 is 1. The Bertz CT molecular complexity index is 426. The van der Waals surface area contributed by atoms with Crippen LogP contribution < -0.4 is 4.74 Å². The van der Waals surface area contributed by atoms with E-state index < -0.39 is 5.97 Å². The van der Waals surface area contributed by atoms with Crippen LogP contribution in [0.4, 0.5) is 0 Å². The number of carboxylic acids is 1. The first-order valence-electron chi connectivity index (χ1n) is 4.09. The van der Waals surface area contributed by atoms with Gasteiger partial charge in [0.2, 0.25) is 0 Å². The number of Topliss-reactive ketones (excluding diaryl/α,β-unsaturated/α-hetero) is 1. The molecule has 0 radical (unpaired) electrons. The molecule has 1 aromatic carbocycles. The summed E-state index contributed by atoms with van der Waals surface area (Å²) in [5.74, 6) is -1.29. The van der Waals surface area contributed by atoms with Crippen molar-refractivity contribution < 1.29 is 19.4 Å². The highest BCUT2D eigenvalue weighted by molar-refractivity contribution is 6.35. The highest BCUT2D eigenvalue weighted by Gasteiger charge is 2.18. The number of ether oxygens (including phenoxy) is 1. The first-order chi connectivity index (χ1) is 6.99. The van der Waals surface area contributed by atoms with E-state index in [9.17, 15) is 9.59 Å². The number of aromatic carboxylic acids is 1. The van der Waals surface area contributed by atoms with Gasteiger partial charge in [0, 0.05) is 0 Å². The second-order valence-corrected chi connectivity index (χ2v) is 3.25. The fraction of sp³-hybridized carbons (Fsp3) is 0.200. The molecule has 0 aliphatic rings. The standard InChI is InChI=1S/C10H9ClO4/c1-5(12)6-3-4-7(10(13)14)8(11)9(6)15-2/h3-4H,1-2H3,(H,13,14). The van der Waals surface area contributed by atoms with Crippen LogP contribution >= 0.6 is 11.6 Å². The average molecular weight is 229 g/mol. The van der Waals surface area contributed by atoms with Crippen LogP contribution in [0.1, 0.15) is 27.6 Å². The van der Waals surface area contributed by atoms with E-state index in [2.05, 4.69) is 0 Å². The van der Waals surface area contributed by atoms with Gasteiger partial charge in [-0.05, 0) is 19.1 Å². The first-order valence-corrected chi connectivity index (χ1v) is 4.47. The average Bonchev–Trinajstić information content (AvgIpc) is 2.16. The van der Waals surface area contributed by atoms with Gasteiger partial charge in [0.05, 0.1) is 23.3 Å². The Labute approximate surface area is 91.4 Å². The van der Waals surface area contributed by atoms with Crippen LogP contribution in [0, 0.1) is 0 Å². The van der Waals surface area contributed by atoms with Gasteiger partial charge in [0.15, 0.2) is 5.78 Å². The van der Waals surface area contributed by atoms with Crippen LogP contribution in [-0.4, -0.2) is 24.0 Å². The molecule has 0 heterocycles. The minimum atomic E-state index is -1.16. The van der Waals surface area contributed by atoms with Crippen LogP contribution in [0.25, 0.3) is 0 Å². The number of carbonyl (C=O) groups excluding carboxylic acids is 1. The van der Waals surface area contributed by atoms with Gasteiger partial charge in [-0.25, -0.2) is 4.79 Å². The van der Waals surface area contributed by atoms with Crippen LogP contribution in [0.3, 0.4) is 0 Å². The lowest BCUT2D eigenvalue weighted by atomic mass is 10.1. The number of carbonyl (C=O) groups is 2. The Hall–Kier alpha value is -1.55. The number of ketones is 1. The van der Waals surface area contributed by atoms with E-state index in [0.29, 0.717) is 0 Å². The van der Waals surface area contributed by atoms with Crippen molar-refractivity contribution in [2.75, 3.05) is 7.11 Å². The fourth-order valence-electron chi connectivity index (χ4n) is 1.20. The Kier molecular flexibility index (Phi) is 3.31. The van der Waals surface area contributed by atoms with Crippen LogP contribution in [0.5, 0.6) is 5.75 Å². The zero-order chi connectivity index (χ0) is 11.6. The van der Waals surface area contributed by atoms with E-state index in [1.165, 1.54) is 26.2 Å². The second kappa shape index (κ2) is 4.31. The summed E-state index contributed by atoms with van der Waals surface area (Å²) in [4.78, 5) is 21.9. The minimum absolute atomic E-state index is 0.0577. The van der Waals surface area contributed by atoms with Crippen molar-refractivity contribution in [3.05, 3.63) is 28.3 Å². The molecule has 0 aromatic heterocycles. The largest absolute Gasteiger partial charge is 0.494 e. The quantitative estimate of drug-likeness (QED) is 0.806. The molecule has 0 unspecified atom stereocenters. The third-order valence-electron chi connectivity index (χ3n) is 1.91. The molecular weight excluding hydrogens is 220 g/mol. The van der Waals surface area contributed by atoms with E-state index >= 15 is 0 Å². The molecule has 5 heteroatoms. The van der Waals surface area contributed by atoms with Gasteiger partial charge >= 0.3 is 5.97 Å². The molecule has 1 N–H and O–H groups in total. The minimum Gasteiger partial charge on any atom is -0.494 e. The lowest BCUT2D eigenvalue weighted by Gasteiger charge is -2.09. The van der Waals surface area contributed by atoms with E-state index in [0.717, 1.165) is 0 Å². The Morgan fingerprint density at radius 3 is 2.27 bits per heavy atom. The first kappa shape index (κ1) is 11.5. The van der Waals surface area contributed by atoms with Gasteiger partial charge in [-0.2, -0.15) is 0 Å². The maximum atomic E-state index is 11.2. The maximum Gasteiger partial charge on any atom is 0.337 e. The van der Waals surface area contributed by atoms with Gasteiger partial charge in [-0.1, -0.05) is 11.6 Å². The number of rotatable bonds is 3. The third-order valence-corrected chi connectivity index (χ3v) is 2.29. The van der Waals surface area contributed by atoms with Gasteiger partial charge in [-0.15, -0.1) is 0 Å². The van der Waals surface area contributed by atoms with Crippen molar-refractivity contribution in [2.45, 2.75) is 6.92 Å². The molecule has 4 nitrogen and oxygen atoms in total. The lowest BCUT2D eigenvalue weighted by molar-refractivity contribution is 0.0696. The molecule has 80 valence electrons. The summed E-state index contributed by atoms with van der Waals surface area (Å²) >= 11 is 5.80. The van der Waals surface area contributed by atoms with Crippen molar-refractivity contribution in [3.63, 3.8) is 0 Å². The molecule has 0 fully saturated rings. The summed E-state index contributed by atoms with van der Waals surface area (Å²) in [6.45, 7) is 1.36. The summed E-state index contributed by atoms with van der Waals surface area (Å²) < 4.78 is 4.91. The smallest absolute Gasteiger partial charge is 0.337 e. The van der Waals surface area contributed by atoms with Crippen molar-refractivity contribution in [2.24, 2.45) is 0 Å². The molecule has 15 heavy (non-hydrogen) atoms. The monoisotopic (exact) mass is 228 g/mol. The molecule has 0 bridgehead atoms. The van der Waals surface area contributed by atoms with Gasteiger partial charge < -0.3 is 9.84 Å². The number of benzene rings is 1. The lowest BCUT2D eigenvalue weighted by Crippen LogP contribution is -2.04. The van der Waals surface area contributed by atoms with E-state index in [-0.39, 0.29) is 27.7 Å². The topological polar surface area (TPSA) is 63.6 Å². The molecule has 0 aliphatic heterocycles. The SMILES string of the molecule is COc1c(C(C)=O)ccc(C(=O)O)c1Cl. The number of halogens is 1. The Morgan fingerprint density at radius 1 is 1.33 bits per heavy atom. The van der Waals surface area contributed by atoms with Crippen LogP contribution in [0.2, 0.25) is 5.02 Å². The van der Waals surface area contributed by atoms with Crippen molar-refractivity contribution in [3.8, 4) is 5.75 Å². The Balaban J connectivity index is 3.45. The van der Waals surface area contributed by atoms with Crippen molar-refractivity contribution >= 4 is 23.4 Å². The Morgan fingerprint density at radius 2 is 1.87 bits per heavy atom. The molecule has 0 atom stereocenters.